The highest BCUT2D eigenvalue weighted by Gasteiger charge is 2.41. The van der Waals surface area contributed by atoms with Crippen LogP contribution in [0.15, 0.2) is 0 Å². The lowest BCUT2D eigenvalue weighted by molar-refractivity contribution is 0.0612. The minimum absolute atomic E-state index is 0.630. The van der Waals surface area contributed by atoms with Gasteiger partial charge in [-0.05, 0) is 73.3 Å². The largest absolute Gasteiger partial charge is 0.313 e. The maximum Gasteiger partial charge on any atom is -0.00139 e. The molecule has 2 saturated carbocycles. The topological polar surface area (TPSA) is 23.9 Å². The Labute approximate surface area is 107 Å². The van der Waals surface area contributed by atoms with E-state index in [1.54, 1.807) is 6.21 Å². The summed E-state index contributed by atoms with van der Waals surface area (Å²) in [6, 6.07) is 0. The second-order valence-electron chi connectivity index (χ2n) is 7.20. The Kier molecular flexibility index (Phi) is 3.95. The lowest BCUT2D eigenvalue weighted by atomic mass is 9.62. The van der Waals surface area contributed by atoms with Crippen LogP contribution < -0.4 is 0 Å². The van der Waals surface area contributed by atoms with Gasteiger partial charge in [0.1, 0.15) is 0 Å². The molecule has 0 bridgehead atoms. The second-order valence-corrected chi connectivity index (χ2v) is 7.20. The van der Waals surface area contributed by atoms with Crippen molar-refractivity contribution in [1.29, 1.82) is 5.41 Å². The van der Waals surface area contributed by atoms with Gasteiger partial charge in [0, 0.05) is 0 Å². The van der Waals surface area contributed by atoms with Crippen LogP contribution in [0.25, 0.3) is 0 Å². The fourth-order valence-corrected chi connectivity index (χ4v) is 4.33. The van der Waals surface area contributed by atoms with E-state index >= 15 is 0 Å². The predicted octanol–water partition coefficient (Wildman–Crippen LogP) is 4.62. The zero-order valence-electron chi connectivity index (χ0n) is 11.9. The summed E-state index contributed by atoms with van der Waals surface area (Å²) in [5.74, 6) is 6.08. The Morgan fingerprint density at radius 2 is 1.82 bits per heavy atom. The van der Waals surface area contributed by atoms with E-state index in [0.29, 0.717) is 5.92 Å². The van der Waals surface area contributed by atoms with Crippen molar-refractivity contribution >= 4 is 6.21 Å². The van der Waals surface area contributed by atoms with E-state index in [-0.39, 0.29) is 0 Å². The van der Waals surface area contributed by atoms with E-state index in [2.05, 4.69) is 27.7 Å². The molecule has 0 aromatic rings. The molecule has 0 aromatic heterocycles. The van der Waals surface area contributed by atoms with Gasteiger partial charge >= 0.3 is 0 Å². The molecule has 17 heavy (non-hydrogen) atoms. The highest BCUT2D eigenvalue weighted by Crippen LogP contribution is 2.49. The van der Waals surface area contributed by atoms with Crippen molar-refractivity contribution in [3.05, 3.63) is 0 Å². The molecule has 1 nitrogen and oxygen atoms in total. The third-order valence-electron chi connectivity index (χ3n) is 5.25. The van der Waals surface area contributed by atoms with Crippen LogP contribution in [0, 0.1) is 46.8 Å². The van der Waals surface area contributed by atoms with E-state index in [9.17, 15) is 0 Å². The summed E-state index contributed by atoms with van der Waals surface area (Å²) < 4.78 is 0. The van der Waals surface area contributed by atoms with Crippen LogP contribution in [0.3, 0.4) is 0 Å². The Morgan fingerprint density at radius 1 is 1.18 bits per heavy atom. The molecule has 1 heteroatoms. The van der Waals surface area contributed by atoms with Gasteiger partial charge in [-0.25, -0.2) is 0 Å². The molecule has 0 saturated heterocycles. The van der Waals surface area contributed by atoms with Crippen molar-refractivity contribution in [1.82, 2.24) is 0 Å². The summed E-state index contributed by atoms with van der Waals surface area (Å²) in [5.41, 5.74) is 0. The zero-order valence-corrected chi connectivity index (χ0v) is 11.9. The lowest BCUT2D eigenvalue weighted by Crippen LogP contribution is -2.35. The van der Waals surface area contributed by atoms with Crippen molar-refractivity contribution < 1.29 is 0 Å². The first kappa shape index (κ1) is 13.1. The van der Waals surface area contributed by atoms with Crippen LogP contribution in [0.4, 0.5) is 0 Å². The molecule has 0 aliphatic heterocycles. The Bertz CT molecular complexity index is 265. The molecule has 2 rings (SSSR count). The fourth-order valence-electron chi connectivity index (χ4n) is 4.33. The van der Waals surface area contributed by atoms with E-state index in [1.807, 2.05) is 0 Å². The predicted molar refractivity (Wildman–Crippen MR) is 74.4 cm³/mol. The molecule has 0 amide bonds. The van der Waals surface area contributed by atoms with E-state index in [1.165, 1.54) is 25.7 Å². The third-order valence-corrected chi connectivity index (χ3v) is 5.25. The monoisotopic (exact) mass is 235 g/mol. The van der Waals surface area contributed by atoms with Gasteiger partial charge < -0.3 is 5.41 Å². The smallest absolute Gasteiger partial charge is 0.00139 e. The molecule has 4 unspecified atom stereocenters. The summed E-state index contributed by atoms with van der Waals surface area (Å²) in [5, 5.41) is 7.32. The molecule has 2 aliphatic carbocycles. The number of hydrogen-bond donors (Lipinski definition) is 1. The van der Waals surface area contributed by atoms with Gasteiger partial charge in [0.15, 0.2) is 0 Å². The van der Waals surface area contributed by atoms with Gasteiger partial charge in [-0.3, -0.25) is 0 Å². The first-order valence-corrected chi connectivity index (χ1v) is 7.53. The first-order valence-electron chi connectivity index (χ1n) is 7.53. The van der Waals surface area contributed by atoms with Gasteiger partial charge in [0.25, 0.3) is 0 Å². The van der Waals surface area contributed by atoms with Crippen molar-refractivity contribution in [3.63, 3.8) is 0 Å². The number of nitrogens with one attached hydrogen (secondary N) is 1. The van der Waals surface area contributed by atoms with Crippen LogP contribution in [0.2, 0.25) is 0 Å². The van der Waals surface area contributed by atoms with Crippen molar-refractivity contribution in [3.8, 4) is 0 Å². The van der Waals surface area contributed by atoms with Crippen LogP contribution in [0.1, 0.15) is 53.4 Å². The number of rotatable bonds is 6. The highest BCUT2D eigenvalue weighted by molar-refractivity contribution is 5.61. The minimum Gasteiger partial charge on any atom is -0.313 e. The lowest BCUT2D eigenvalue weighted by Gasteiger charge is -2.44. The van der Waals surface area contributed by atoms with Gasteiger partial charge in [-0.2, -0.15) is 0 Å². The molecule has 2 aliphatic rings. The quantitative estimate of drug-likeness (QED) is 0.650. The van der Waals surface area contributed by atoms with Crippen LogP contribution >= 0.6 is 0 Å². The van der Waals surface area contributed by atoms with Crippen molar-refractivity contribution in [2.24, 2.45) is 41.4 Å². The SMILES string of the molecule is CC1CC(C(C(C)C)C(C)CC2CC2C=N)C1. The standard InChI is InChI=1S/C16H29N/c1-10(2)16(14-5-11(3)6-14)12(4)7-13-8-15(13)9-17/h9-17H,5-8H2,1-4H3. The molecule has 0 aromatic carbocycles. The second kappa shape index (κ2) is 5.12. The fraction of sp³-hybridized carbons (Fsp3) is 0.938. The Morgan fingerprint density at radius 3 is 2.24 bits per heavy atom. The minimum atomic E-state index is 0.630. The average Bonchev–Trinajstić information content (AvgIpc) is 2.93. The Balaban J connectivity index is 1.85. The van der Waals surface area contributed by atoms with E-state index < -0.39 is 0 Å². The van der Waals surface area contributed by atoms with E-state index in [4.69, 9.17) is 5.41 Å². The van der Waals surface area contributed by atoms with Gasteiger partial charge in [0.05, 0.1) is 0 Å². The summed E-state index contributed by atoms with van der Waals surface area (Å²) in [4.78, 5) is 0. The van der Waals surface area contributed by atoms with Gasteiger partial charge in [-0.15, -0.1) is 0 Å². The molecule has 0 spiro atoms. The molecule has 1 N–H and O–H groups in total. The number of hydrogen-bond acceptors (Lipinski definition) is 1. The molecular weight excluding hydrogens is 206 g/mol. The summed E-state index contributed by atoms with van der Waals surface area (Å²) in [7, 11) is 0. The third kappa shape index (κ3) is 2.92. The van der Waals surface area contributed by atoms with Gasteiger partial charge in [-0.1, -0.05) is 27.7 Å². The zero-order chi connectivity index (χ0) is 12.6. The normalized spacial score (nSPS) is 39.6. The summed E-state index contributed by atoms with van der Waals surface area (Å²) >= 11 is 0. The maximum atomic E-state index is 7.32. The summed E-state index contributed by atoms with van der Waals surface area (Å²) in [6.45, 7) is 9.67. The van der Waals surface area contributed by atoms with Gasteiger partial charge in [0.2, 0.25) is 0 Å². The molecule has 0 heterocycles. The first-order chi connectivity index (χ1) is 8.02. The van der Waals surface area contributed by atoms with Crippen molar-refractivity contribution in [2.75, 3.05) is 0 Å². The van der Waals surface area contributed by atoms with Crippen molar-refractivity contribution in [2.45, 2.75) is 53.4 Å². The highest BCUT2D eigenvalue weighted by atomic mass is 14.5. The van der Waals surface area contributed by atoms with Crippen LogP contribution in [0.5, 0.6) is 0 Å². The molecule has 4 atom stereocenters. The van der Waals surface area contributed by atoms with E-state index in [0.717, 1.165) is 35.5 Å². The van der Waals surface area contributed by atoms with Crippen LogP contribution in [-0.4, -0.2) is 6.21 Å². The maximum absolute atomic E-state index is 7.32. The summed E-state index contributed by atoms with van der Waals surface area (Å²) in [6.07, 6.45) is 7.26. The molecule has 2 fully saturated rings. The van der Waals surface area contributed by atoms with Crippen LogP contribution in [-0.2, 0) is 0 Å². The molecule has 98 valence electrons. The molecule has 0 radical (unpaired) electrons. The Hall–Kier alpha value is -0.330. The molecular formula is C16H29N. The average molecular weight is 235 g/mol.